The van der Waals surface area contributed by atoms with Crippen LogP contribution >= 0.6 is 23.2 Å². The Labute approximate surface area is 201 Å². The van der Waals surface area contributed by atoms with Crippen molar-refractivity contribution < 1.29 is 32.3 Å². The van der Waals surface area contributed by atoms with Gasteiger partial charge < -0.3 is 9.47 Å². The first kappa shape index (κ1) is 25.0. The molecule has 0 saturated carbocycles. The van der Waals surface area contributed by atoms with Gasteiger partial charge in [-0.25, -0.2) is 17.5 Å². The van der Waals surface area contributed by atoms with Crippen molar-refractivity contribution in [1.82, 2.24) is 4.31 Å². The maximum atomic E-state index is 13.3. The van der Waals surface area contributed by atoms with Crippen molar-refractivity contribution in [2.75, 3.05) is 20.3 Å². The van der Waals surface area contributed by atoms with E-state index in [0.717, 1.165) is 0 Å². The van der Waals surface area contributed by atoms with Gasteiger partial charge in [0, 0.05) is 22.4 Å². The molecule has 0 N–H and O–H groups in total. The van der Waals surface area contributed by atoms with Crippen LogP contribution in [0.1, 0.15) is 18.4 Å². The normalized spacial score (nSPS) is 16.9. The Kier molecular flexibility index (Phi) is 7.99. The van der Waals surface area contributed by atoms with E-state index in [4.69, 9.17) is 27.9 Å². The molecular weight excluding hydrogens is 493 g/mol. The molecule has 1 heterocycles. The first-order valence-corrected chi connectivity index (χ1v) is 12.1. The maximum Gasteiger partial charge on any atom is 0.343 e. The molecule has 0 bridgehead atoms. The molecule has 0 aliphatic carbocycles. The third-order valence-corrected chi connectivity index (χ3v) is 7.39. The molecule has 11 heteroatoms. The van der Waals surface area contributed by atoms with Crippen LogP contribution < -0.4 is 4.74 Å². The Hall–Kier alpha value is -2.62. The van der Waals surface area contributed by atoms with Crippen molar-refractivity contribution >= 4 is 50.9 Å². The summed E-state index contributed by atoms with van der Waals surface area (Å²) in [5, 5.41) is 0.712. The first-order chi connectivity index (χ1) is 15.6. The molecule has 2 aromatic carbocycles. The molecule has 3 rings (SSSR count). The van der Waals surface area contributed by atoms with Gasteiger partial charge in [-0.15, -0.1) is 0 Å². The largest absolute Gasteiger partial charge is 0.482 e. The van der Waals surface area contributed by atoms with Gasteiger partial charge in [-0.1, -0.05) is 23.2 Å². The number of nitrogens with zero attached hydrogens (tertiary/aromatic N) is 1. The molecule has 1 fully saturated rings. The fraction of sp³-hybridized carbons (Fsp3) is 0.318. The predicted molar refractivity (Wildman–Crippen MR) is 121 cm³/mol. The van der Waals surface area contributed by atoms with Crippen LogP contribution in [0.2, 0.25) is 10.0 Å². The lowest BCUT2D eigenvalue weighted by Crippen LogP contribution is -2.42. The van der Waals surface area contributed by atoms with Crippen molar-refractivity contribution in [3.8, 4) is 5.75 Å². The zero-order valence-corrected chi connectivity index (χ0v) is 20.0. The number of ether oxygens (including phenoxy) is 2. The monoisotopic (exact) mass is 513 g/mol. The van der Waals surface area contributed by atoms with E-state index in [0.29, 0.717) is 25.7 Å². The summed E-state index contributed by atoms with van der Waals surface area (Å²) in [5.41, 5.74) is 0.503. The Bertz CT molecular complexity index is 1170. The molecule has 176 valence electrons. The van der Waals surface area contributed by atoms with Crippen molar-refractivity contribution in [1.29, 1.82) is 0 Å². The molecule has 1 saturated heterocycles. The number of sulfonamides is 1. The Balaban J connectivity index is 1.90. The van der Waals surface area contributed by atoms with Crippen LogP contribution in [0, 0.1) is 5.92 Å². The summed E-state index contributed by atoms with van der Waals surface area (Å²) >= 11 is 11.9. The molecule has 1 aliphatic heterocycles. The molecule has 0 spiro atoms. The maximum absolute atomic E-state index is 13.3. The van der Waals surface area contributed by atoms with Gasteiger partial charge in [0.25, 0.3) is 10.0 Å². The molecule has 1 amide bonds. The van der Waals surface area contributed by atoms with Crippen LogP contribution in [0.5, 0.6) is 5.75 Å². The van der Waals surface area contributed by atoms with Crippen LogP contribution in [-0.4, -0.2) is 50.6 Å². The minimum atomic E-state index is -4.27. The van der Waals surface area contributed by atoms with Crippen LogP contribution in [-0.2, 0) is 35.6 Å². The lowest BCUT2D eigenvalue weighted by Gasteiger charge is -2.24. The van der Waals surface area contributed by atoms with Crippen molar-refractivity contribution in [2.24, 2.45) is 5.92 Å². The summed E-state index contributed by atoms with van der Waals surface area (Å²) in [5.74, 6) is -2.17. The number of rotatable bonds is 7. The third kappa shape index (κ3) is 6.04. The van der Waals surface area contributed by atoms with Crippen molar-refractivity contribution in [3.05, 3.63) is 58.1 Å². The molecule has 0 aromatic heterocycles. The van der Waals surface area contributed by atoms with E-state index in [1.54, 1.807) is 18.2 Å². The highest BCUT2D eigenvalue weighted by atomic mass is 35.5. The van der Waals surface area contributed by atoms with E-state index in [9.17, 15) is 22.8 Å². The number of benzene rings is 2. The zero-order valence-electron chi connectivity index (χ0n) is 17.6. The second-order valence-electron chi connectivity index (χ2n) is 7.40. The highest BCUT2D eigenvalue weighted by Crippen LogP contribution is 2.31. The third-order valence-electron chi connectivity index (χ3n) is 5.15. The number of ketones is 1. The van der Waals surface area contributed by atoms with E-state index in [2.05, 4.69) is 4.74 Å². The quantitative estimate of drug-likeness (QED) is 0.522. The number of methoxy groups -OCH3 is 1. The highest BCUT2D eigenvalue weighted by molar-refractivity contribution is 7.89. The minimum Gasteiger partial charge on any atom is -0.482 e. The Morgan fingerprint density at radius 3 is 2.42 bits per heavy atom. The van der Waals surface area contributed by atoms with Gasteiger partial charge in [0.15, 0.2) is 12.4 Å². The molecule has 1 aliphatic rings. The first-order valence-electron chi connectivity index (χ1n) is 9.93. The highest BCUT2D eigenvalue weighted by Gasteiger charge is 2.38. The standard InChI is InChI=1S/C22H21Cl2NO7S/c1-31-21(27)13-32-20-9-5-17(24)11-15(20)10-14-2-6-18(26)12-25(22(14)28)33(29,30)19-7-3-16(23)4-8-19/h3-5,7-9,11,14H,2,6,10,12-13H2,1H3. The van der Waals surface area contributed by atoms with Gasteiger partial charge in [0.2, 0.25) is 5.91 Å². The lowest BCUT2D eigenvalue weighted by atomic mass is 9.93. The number of hydrogen-bond acceptors (Lipinski definition) is 7. The molecule has 1 atom stereocenters. The van der Waals surface area contributed by atoms with Gasteiger partial charge in [-0.3, -0.25) is 9.59 Å². The topological polar surface area (TPSA) is 107 Å². The average molecular weight is 514 g/mol. The number of amides is 1. The summed E-state index contributed by atoms with van der Waals surface area (Å²) in [6, 6.07) is 10.0. The van der Waals surface area contributed by atoms with E-state index >= 15 is 0 Å². The van der Waals surface area contributed by atoms with E-state index < -0.39 is 34.4 Å². The van der Waals surface area contributed by atoms with Crippen molar-refractivity contribution in [2.45, 2.75) is 24.2 Å². The van der Waals surface area contributed by atoms with Gasteiger partial charge in [-0.05, 0) is 60.9 Å². The second-order valence-corrected chi connectivity index (χ2v) is 10.1. The molecule has 1 unspecified atom stereocenters. The summed E-state index contributed by atoms with van der Waals surface area (Å²) in [7, 11) is -3.04. The fourth-order valence-electron chi connectivity index (χ4n) is 3.42. The van der Waals surface area contributed by atoms with Crippen LogP contribution in [0.15, 0.2) is 47.4 Å². The van der Waals surface area contributed by atoms with Crippen molar-refractivity contribution in [3.63, 3.8) is 0 Å². The van der Waals surface area contributed by atoms with Gasteiger partial charge in [0.05, 0.1) is 18.6 Å². The van der Waals surface area contributed by atoms with Gasteiger partial charge in [-0.2, -0.15) is 0 Å². The summed E-state index contributed by atoms with van der Waals surface area (Å²) in [6.45, 7) is -0.888. The molecule has 33 heavy (non-hydrogen) atoms. The number of carbonyl (C=O) groups is 3. The summed E-state index contributed by atoms with van der Waals surface area (Å²) in [6.07, 6.45) is 0.269. The molecule has 8 nitrogen and oxygen atoms in total. The summed E-state index contributed by atoms with van der Waals surface area (Å²) < 4.78 is 37.0. The van der Waals surface area contributed by atoms with E-state index in [1.165, 1.54) is 31.4 Å². The van der Waals surface area contributed by atoms with E-state index in [-0.39, 0.29) is 36.5 Å². The zero-order chi connectivity index (χ0) is 24.2. The van der Waals surface area contributed by atoms with E-state index in [1.807, 2.05) is 0 Å². The minimum absolute atomic E-state index is 0.0436. The number of Topliss-reactive ketones (excluding diaryl/α,β-unsaturated/α-hetero) is 1. The van der Waals surface area contributed by atoms with Crippen LogP contribution in [0.25, 0.3) is 0 Å². The molecule has 0 radical (unpaired) electrons. The SMILES string of the molecule is COC(=O)COc1ccc(Cl)cc1CC1CCC(=O)CN(S(=O)(=O)c2ccc(Cl)cc2)C1=O. The van der Waals surface area contributed by atoms with Crippen LogP contribution in [0.4, 0.5) is 0 Å². The lowest BCUT2D eigenvalue weighted by molar-refractivity contribution is -0.143. The second kappa shape index (κ2) is 10.5. The van der Waals surface area contributed by atoms with Gasteiger partial charge >= 0.3 is 5.97 Å². The summed E-state index contributed by atoms with van der Waals surface area (Å²) in [4.78, 5) is 36.9. The average Bonchev–Trinajstić information content (AvgIpc) is 2.92. The Morgan fingerprint density at radius 2 is 1.76 bits per heavy atom. The predicted octanol–water partition coefficient (Wildman–Crippen LogP) is 3.28. The number of carbonyl (C=O) groups excluding carboxylic acids is 3. The smallest absolute Gasteiger partial charge is 0.343 e. The van der Waals surface area contributed by atoms with Crippen LogP contribution in [0.3, 0.4) is 0 Å². The number of halogens is 2. The molecule has 2 aromatic rings. The number of hydrogen-bond donors (Lipinski definition) is 0. The van der Waals surface area contributed by atoms with Gasteiger partial charge in [0.1, 0.15) is 5.75 Å². The molecular formula is C22H21Cl2NO7S. The Morgan fingerprint density at radius 1 is 1.09 bits per heavy atom. The number of esters is 1. The fourth-order valence-corrected chi connectivity index (χ4v) is 5.17.